The van der Waals surface area contributed by atoms with E-state index in [1.54, 1.807) is 0 Å². The molecule has 0 aromatic heterocycles. The lowest BCUT2D eigenvalue weighted by molar-refractivity contribution is -0.161. The van der Waals surface area contributed by atoms with Gasteiger partial charge in [0.1, 0.15) is 6.61 Å². The number of ether oxygens (including phenoxy) is 1. The topological polar surface area (TPSA) is 72.5 Å². The number of rotatable bonds is 6. The van der Waals surface area contributed by atoms with E-state index in [2.05, 4.69) is 0 Å². The van der Waals surface area contributed by atoms with E-state index in [1.807, 2.05) is 34.6 Å². The smallest absolute Gasteiger partial charge is 0.313 e. The number of carbonyl (C=O) groups excluding carboxylic acids is 1. The van der Waals surface area contributed by atoms with Gasteiger partial charge in [0.15, 0.2) is 0 Å². The van der Waals surface area contributed by atoms with Crippen LogP contribution in [0.15, 0.2) is 0 Å². The molecule has 4 nitrogen and oxygen atoms in total. The molecule has 1 atom stereocenters. The Morgan fingerprint density at radius 3 is 2.19 bits per heavy atom. The number of aliphatic hydroxyl groups excluding tert-OH is 1. The molecule has 0 aromatic carbocycles. The van der Waals surface area contributed by atoms with Crippen LogP contribution in [0.3, 0.4) is 0 Å². The molecule has 4 heteroatoms. The Kier molecular flexibility index (Phi) is 5.42. The fraction of sp³-hybridized carbons (Fsp3) is 0.917. The Labute approximate surface area is 98.2 Å². The van der Waals surface area contributed by atoms with E-state index in [1.165, 1.54) is 0 Å². The second-order valence-electron chi connectivity index (χ2n) is 5.51. The lowest BCUT2D eigenvalue weighted by Crippen LogP contribution is -2.55. The lowest BCUT2D eigenvalue weighted by Gasteiger charge is -2.40. The minimum Gasteiger partial charge on any atom is -0.463 e. The molecule has 0 aliphatic carbocycles. The van der Waals surface area contributed by atoms with Gasteiger partial charge in [-0.2, -0.15) is 0 Å². The van der Waals surface area contributed by atoms with Crippen molar-refractivity contribution >= 4 is 5.97 Å². The third-order valence-corrected chi connectivity index (χ3v) is 3.01. The van der Waals surface area contributed by atoms with Gasteiger partial charge >= 0.3 is 5.97 Å². The number of hydrogen-bond acceptors (Lipinski definition) is 4. The van der Waals surface area contributed by atoms with Gasteiger partial charge in [0.2, 0.25) is 0 Å². The van der Waals surface area contributed by atoms with Gasteiger partial charge in [-0.1, -0.05) is 13.8 Å². The molecule has 0 bridgehead atoms. The fourth-order valence-corrected chi connectivity index (χ4v) is 1.72. The number of aliphatic hydroxyl groups is 1. The maximum absolute atomic E-state index is 12.0. The summed E-state index contributed by atoms with van der Waals surface area (Å²) >= 11 is 0. The first-order chi connectivity index (χ1) is 7.15. The van der Waals surface area contributed by atoms with Crippen molar-refractivity contribution in [2.45, 2.75) is 46.6 Å². The zero-order chi connectivity index (χ0) is 13.0. The summed E-state index contributed by atoms with van der Waals surface area (Å²) in [4.78, 5) is 12.0. The van der Waals surface area contributed by atoms with Gasteiger partial charge in [-0.15, -0.1) is 0 Å². The van der Waals surface area contributed by atoms with E-state index in [9.17, 15) is 4.79 Å². The van der Waals surface area contributed by atoms with E-state index in [4.69, 9.17) is 15.6 Å². The first-order valence-corrected chi connectivity index (χ1v) is 5.72. The fourth-order valence-electron chi connectivity index (χ4n) is 1.72. The van der Waals surface area contributed by atoms with Gasteiger partial charge in [-0.05, 0) is 33.1 Å². The van der Waals surface area contributed by atoms with Crippen LogP contribution < -0.4 is 5.73 Å². The van der Waals surface area contributed by atoms with Crippen LogP contribution in [-0.2, 0) is 9.53 Å². The molecule has 0 saturated carbocycles. The molecular formula is C12H25NO3. The number of esters is 1. The molecule has 0 aliphatic heterocycles. The minimum atomic E-state index is -0.726. The minimum absolute atomic E-state index is 0.0304. The third-order valence-electron chi connectivity index (χ3n) is 3.01. The molecule has 3 N–H and O–H groups in total. The van der Waals surface area contributed by atoms with Crippen molar-refractivity contribution in [3.8, 4) is 0 Å². The summed E-state index contributed by atoms with van der Waals surface area (Å²) in [6, 6.07) is 0. The second-order valence-corrected chi connectivity index (χ2v) is 5.51. The van der Waals surface area contributed by atoms with Gasteiger partial charge in [0.05, 0.1) is 12.0 Å². The largest absolute Gasteiger partial charge is 0.463 e. The highest BCUT2D eigenvalue weighted by Crippen LogP contribution is 2.37. The standard InChI is InChI=1S/C12H25NO3/c1-9(2)8-12(5,11(3,4)13)10(15)16-7-6-14/h9,14H,6-8,13H2,1-5H3. The van der Waals surface area contributed by atoms with Crippen molar-refractivity contribution in [2.24, 2.45) is 17.1 Å². The van der Waals surface area contributed by atoms with E-state index >= 15 is 0 Å². The van der Waals surface area contributed by atoms with Gasteiger partial charge in [-0.25, -0.2) is 0 Å². The van der Waals surface area contributed by atoms with Crippen molar-refractivity contribution < 1.29 is 14.6 Å². The van der Waals surface area contributed by atoms with Gasteiger partial charge < -0.3 is 15.6 Å². The van der Waals surface area contributed by atoms with Crippen LogP contribution >= 0.6 is 0 Å². The van der Waals surface area contributed by atoms with Crippen LogP contribution in [0.5, 0.6) is 0 Å². The van der Waals surface area contributed by atoms with E-state index in [0.717, 1.165) is 0 Å². The van der Waals surface area contributed by atoms with Crippen molar-refractivity contribution in [3.63, 3.8) is 0 Å². The molecule has 0 rings (SSSR count). The number of hydrogen-bond donors (Lipinski definition) is 2. The maximum Gasteiger partial charge on any atom is 0.313 e. The molecule has 0 spiro atoms. The second kappa shape index (κ2) is 5.64. The van der Waals surface area contributed by atoms with Crippen LogP contribution in [-0.4, -0.2) is 29.8 Å². The molecule has 0 radical (unpaired) electrons. The molecule has 0 aromatic rings. The van der Waals surface area contributed by atoms with Gasteiger partial charge in [-0.3, -0.25) is 4.79 Å². The van der Waals surface area contributed by atoms with Gasteiger partial charge in [0, 0.05) is 5.54 Å². The highest BCUT2D eigenvalue weighted by atomic mass is 16.5. The zero-order valence-electron chi connectivity index (χ0n) is 11.0. The first kappa shape index (κ1) is 15.4. The monoisotopic (exact) mass is 231 g/mol. The Bertz CT molecular complexity index is 233. The normalized spacial score (nSPS) is 16.0. The van der Waals surface area contributed by atoms with Gasteiger partial charge in [0.25, 0.3) is 0 Å². The summed E-state index contributed by atoms with van der Waals surface area (Å²) < 4.78 is 5.01. The van der Waals surface area contributed by atoms with E-state index < -0.39 is 11.0 Å². The Morgan fingerprint density at radius 2 is 1.88 bits per heavy atom. The molecule has 96 valence electrons. The zero-order valence-corrected chi connectivity index (χ0v) is 11.0. The van der Waals surface area contributed by atoms with Crippen molar-refractivity contribution in [2.75, 3.05) is 13.2 Å². The summed E-state index contributed by atoms with van der Waals surface area (Å²) in [6.45, 7) is 9.45. The predicted octanol–water partition coefficient (Wildman–Crippen LogP) is 1.31. The Hall–Kier alpha value is -0.610. The van der Waals surface area contributed by atoms with Crippen LogP contribution in [0, 0.1) is 11.3 Å². The van der Waals surface area contributed by atoms with Crippen molar-refractivity contribution in [1.82, 2.24) is 0 Å². The quantitative estimate of drug-likeness (QED) is 0.676. The molecule has 1 unspecified atom stereocenters. The molecule has 0 saturated heterocycles. The molecule has 0 aliphatic rings. The Morgan fingerprint density at radius 1 is 1.38 bits per heavy atom. The summed E-state index contributed by atoms with van der Waals surface area (Å²) in [7, 11) is 0. The predicted molar refractivity (Wildman–Crippen MR) is 63.9 cm³/mol. The molecule has 0 heterocycles. The molecule has 16 heavy (non-hydrogen) atoms. The van der Waals surface area contributed by atoms with Crippen molar-refractivity contribution in [3.05, 3.63) is 0 Å². The summed E-state index contributed by atoms with van der Waals surface area (Å²) in [5.41, 5.74) is 4.70. The maximum atomic E-state index is 12.0. The lowest BCUT2D eigenvalue weighted by atomic mass is 9.68. The van der Waals surface area contributed by atoms with Crippen LogP contribution in [0.4, 0.5) is 0 Å². The highest BCUT2D eigenvalue weighted by Gasteiger charge is 2.46. The average molecular weight is 231 g/mol. The van der Waals surface area contributed by atoms with Crippen LogP contribution in [0.25, 0.3) is 0 Å². The molecular weight excluding hydrogens is 206 g/mol. The van der Waals surface area contributed by atoms with Crippen molar-refractivity contribution in [1.29, 1.82) is 0 Å². The number of nitrogens with two attached hydrogens (primary N) is 1. The first-order valence-electron chi connectivity index (χ1n) is 5.72. The van der Waals surface area contributed by atoms with Crippen LogP contribution in [0.1, 0.15) is 41.0 Å². The summed E-state index contributed by atoms with van der Waals surface area (Å²) in [5, 5.41) is 8.66. The molecule has 0 amide bonds. The SMILES string of the molecule is CC(C)CC(C)(C(=O)OCCO)C(C)(C)N. The van der Waals surface area contributed by atoms with Crippen LogP contribution in [0.2, 0.25) is 0 Å². The third kappa shape index (κ3) is 3.76. The Balaban J connectivity index is 4.86. The average Bonchev–Trinajstić information content (AvgIpc) is 2.10. The summed E-state index contributed by atoms with van der Waals surface area (Å²) in [6.07, 6.45) is 0.667. The van der Waals surface area contributed by atoms with E-state index in [0.29, 0.717) is 12.3 Å². The number of carbonyl (C=O) groups is 1. The summed E-state index contributed by atoms with van der Waals surface area (Å²) in [5.74, 6) is 0.0252. The molecule has 0 fully saturated rings. The van der Waals surface area contributed by atoms with E-state index in [-0.39, 0.29) is 19.2 Å². The highest BCUT2D eigenvalue weighted by molar-refractivity contribution is 5.78.